The van der Waals surface area contributed by atoms with Crippen LogP contribution in [0.15, 0.2) is 36.7 Å². The molecular weight excluding hydrogens is 340 g/mol. The monoisotopic (exact) mass is 362 g/mol. The van der Waals surface area contributed by atoms with Crippen LogP contribution in [0.5, 0.6) is 0 Å². The third kappa shape index (κ3) is 3.88. The van der Waals surface area contributed by atoms with Crippen LogP contribution in [0.4, 0.5) is 0 Å². The number of aliphatic hydroxyl groups is 1. The van der Waals surface area contributed by atoms with E-state index in [4.69, 9.17) is 16.3 Å². The van der Waals surface area contributed by atoms with E-state index in [0.29, 0.717) is 11.6 Å². The highest BCUT2D eigenvalue weighted by atomic mass is 35.5. The van der Waals surface area contributed by atoms with Crippen molar-refractivity contribution in [1.82, 2.24) is 19.6 Å². The van der Waals surface area contributed by atoms with Crippen LogP contribution in [0, 0.1) is 0 Å². The topological polar surface area (TPSA) is 53.8 Å². The Kier molecular flexibility index (Phi) is 5.05. The molecule has 2 fully saturated rings. The van der Waals surface area contributed by atoms with E-state index in [1.165, 1.54) is 0 Å². The number of nitrogens with zero attached hydrogens (tertiary/aromatic N) is 4. The van der Waals surface area contributed by atoms with Crippen molar-refractivity contribution < 1.29 is 9.84 Å². The maximum atomic E-state index is 10.4. The van der Waals surface area contributed by atoms with Gasteiger partial charge in [0.15, 0.2) is 0 Å². The summed E-state index contributed by atoms with van der Waals surface area (Å²) in [5.41, 5.74) is 2.08. The Bertz CT molecular complexity index is 717. The molecule has 0 radical (unpaired) electrons. The molecule has 3 heterocycles. The molecule has 134 valence electrons. The van der Waals surface area contributed by atoms with Crippen molar-refractivity contribution in [1.29, 1.82) is 0 Å². The molecule has 0 bridgehead atoms. The minimum absolute atomic E-state index is 0.201. The van der Waals surface area contributed by atoms with Gasteiger partial charge in [-0.05, 0) is 18.2 Å². The molecular formula is C18H23ClN4O2. The lowest BCUT2D eigenvalue weighted by molar-refractivity contribution is -0.00618. The Labute approximate surface area is 152 Å². The van der Waals surface area contributed by atoms with Crippen LogP contribution < -0.4 is 0 Å². The number of rotatable bonds is 4. The van der Waals surface area contributed by atoms with E-state index in [1.54, 1.807) is 0 Å². The third-order valence-corrected chi connectivity index (χ3v) is 5.20. The fraction of sp³-hybridized carbons (Fsp3) is 0.500. The standard InChI is InChI=1S/C18H23ClN4O2/c19-15-2-1-3-16(8-15)23-11-14(9-20-23)10-21-12-17(18(24)13-21)22-4-6-25-7-5-22/h1-3,8-9,11,17-18,24H,4-7,10,12-13H2/t17-,18-/m0/s1. The van der Waals surface area contributed by atoms with Crippen molar-refractivity contribution in [2.24, 2.45) is 0 Å². The summed E-state index contributed by atoms with van der Waals surface area (Å²) in [5.74, 6) is 0. The van der Waals surface area contributed by atoms with Gasteiger partial charge in [-0.2, -0.15) is 5.10 Å². The molecule has 0 spiro atoms. The fourth-order valence-electron chi connectivity index (χ4n) is 3.70. The van der Waals surface area contributed by atoms with Crippen molar-refractivity contribution >= 4 is 11.6 Å². The Hall–Kier alpha value is -1.44. The van der Waals surface area contributed by atoms with E-state index >= 15 is 0 Å². The second kappa shape index (κ2) is 7.43. The predicted molar refractivity (Wildman–Crippen MR) is 96.0 cm³/mol. The highest BCUT2D eigenvalue weighted by Crippen LogP contribution is 2.20. The number of ether oxygens (including phenoxy) is 1. The van der Waals surface area contributed by atoms with Gasteiger partial charge in [0, 0.05) is 55.5 Å². The molecule has 2 atom stereocenters. The maximum absolute atomic E-state index is 10.4. The second-order valence-corrected chi connectivity index (χ2v) is 7.19. The SMILES string of the molecule is O[C@H]1CN(Cc2cnn(-c3cccc(Cl)c3)c2)C[C@@H]1N1CCOCC1. The number of hydrogen-bond donors (Lipinski definition) is 1. The smallest absolute Gasteiger partial charge is 0.0834 e. The van der Waals surface area contributed by atoms with Gasteiger partial charge in [-0.3, -0.25) is 9.80 Å². The first-order valence-corrected chi connectivity index (χ1v) is 9.08. The molecule has 4 rings (SSSR count). The first-order chi connectivity index (χ1) is 12.2. The zero-order valence-corrected chi connectivity index (χ0v) is 14.8. The molecule has 6 nitrogen and oxygen atoms in total. The van der Waals surface area contributed by atoms with Crippen molar-refractivity contribution in [2.45, 2.75) is 18.7 Å². The summed E-state index contributed by atoms with van der Waals surface area (Å²) in [4.78, 5) is 4.65. The minimum atomic E-state index is -0.305. The lowest BCUT2D eigenvalue weighted by atomic mass is 10.1. The van der Waals surface area contributed by atoms with Crippen molar-refractivity contribution in [3.05, 3.63) is 47.2 Å². The van der Waals surface area contributed by atoms with Gasteiger partial charge < -0.3 is 9.84 Å². The van der Waals surface area contributed by atoms with Gasteiger partial charge in [0.1, 0.15) is 0 Å². The van der Waals surface area contributed by atoms with Gasteiger partial charge in [0.25, 0.3) is 0 Å². The number of hydrogen-bond acceptors (Lipinski definition) is 5. The lowest BCUT2D eigenvalue weighted by Gasteiger charge is -2.33. The molecule has 2 saturated heterocycles. The maximum Gasteiger partial charge on any atom is 0.0834 e. The number of morpholine rings is 1. The van der Waals surface area contributed by atoms with Gasteiger partial charge in [0.2, 0.25) is 0 Å². The summed E-state index contributed by atoms with van der Waals surface area (Å²) >= 11 is 6.05. The Balaban J connectivity index is 1.39. The predicted octanol–water partition coefficient (Wildman–Crippen LogP) is 1.40. The molecule has 2 aromatic rings. The average molecular weight is 363 g/mol. The van der Waals surface area contributed by atoms with Crippen molar-refractivity contribution in [2.75, 3.05) is 39.4 Å². The number of halogens is 1. The molecule has 0 saturated carbocycles. The summed E-state index contributed by atoms with van der Waals surface area (Å²) in [6.07, 6.45) is 3.61. The Morgan fingerprint density at radius 2 is 2.08 bits per heavy atom. The van der Waals surface area contributed by atoms with E-state index in [1.807, 2.05) is 41.3 Å². The minimum Gasteiger partial charge on any atom is -0.390 e. The average Bonchev–Trinajstić information content (AvgIpc) is 3.23. The zero-order valence-electron chi connectivity index (χ0n) is 14.1. The van der Waals surface area contributed by atoms with Gasteiger partial charge in [0.05, 0.1) is 31.2 Å². The molecule has 0 unspecified atom stereocenters. The first-order valence-electron chi connectivity index (χ1n) is 8.71. The van der Waals surface area contributed by atoms with E-state index in [-0.39, 0.29) is 12.1 Å². The summed E-state index contributed by atoms with van der Waals surface area (Å²) in [5, 5.41) is 15.6. The molecule has 0 aliphatic carbocycles. The highest BCUT2D eigenvalue weighted by Gasteiger charge is 2.36. The van der Waals surface area contributed by atoms with Crippen LogP contribution in [0.25, 0.3) is 5.69 Å². The molecule has 7 heteroatoms. The van der Waals surface area contributed by atoms with Crippen LogP contribution in [-0.2, 0) is 11.3 Å². The number of β-amino-alcohol motifs (C(OH)–C–C–N with tert-alkyl or cyclic N) is 1. The van der Waals surface area contributed by atoms with E-state index < -0.39 is 0 Å². The van der Waals surface area contributed by atoms with E-state index in [2.05, 4.69) is 14.9 Å². The molecule has 1 aromatic carbocycles. The Morgan fingerprint density at radius 3 is 2.88 bits per heavy atom. The molecule has 0 amide bonds. The highest BCUT2D eigenvalue weighted by molar-refractivity contribution is 6.30. The second-order valence-electron chi connectivity index (χ2n) is 6.75. The van der Waals surface area contributed by atoms with Crippen LogP contribution in [0.2, 0.25) is 5.02 Å². The number of benzene rings is 1. The van der Waals surface area contributed by atoms with Gasteiger partial charge >= 0.3 is 0 Å². The molecule has 2 aliphatic rings. The quantitative estimate of drug-likeness (QED) is 0.891. The molecule has 2 aliphatic heterocycles. The van der Waals surface area contributed by atoms with Gasteiger partial charge in [-0.25, -0.2) is 4.68 Å². The van der Waals surface area contributed by atoms with Gasteiger partial charge in [-0.1, -0.05) is 17.7 Å². The summed E-state index contributed by atoms with van der Waals surface area (Å²) < 4.78 is 7.25. The third-order valence-electron chi connectivity index (χ3n) is 4.96. The number of aromatic nitrogens is 2. The van der Waals surface area contributed by atoms with Crippen LogP contribution in [0.3, 0.4) is 0 Å². The number of aliphatic hydroxyl groups excluding tert-OH is 1. The van der Waals surface area contributed by atoms with Gasteiger partial charge in [-0.15, -0.1) is 0 Å². The lowest BCUT2D eigenvalue weighted by Crippen LogP contribution is -2.48. The molecule has 1 N–H and O–H groups in total. The summed E-state index contributed by atoms with van der Waals surface area (Å²) in [7, 11) is 0. The van der Waals surface area contributed by atoms with E-state index in [9.17, 15) is 5.11 Å². The van der Waals surface area contributed by atoms with Crippen LogP contribution >= 0.6 is 11.6 Å². The fourth-order valence-corrected chi connectivity index (χ4v) is 3.89. The van der Waals surface area contributed by atoms with E-state index in [0.717, 1.165) is 50.6 Å². The summed E-state index contributed by atoms with van der Waals surface area (Å²) in [6.45, 7) is 5.70. The number of likely N-dealkylation sites (tertiary alicyclic amines) is 1. The van der Waals surface area contributed by atoms with Crippen LogP contribution in [0.1, 0.15) is 5.56 Å². The Morgan fingerprint density at radius 1 is 1.24 bits per heavy atom. The van der Waals surface area contributed by atoms with Crippen molar-refractivity contribution in [3.8, 4) is 5.69 Å². The zero-order chi connectivity index (χ0) is 17.2. The molecule has 25 heavy (non-hydrogen) atoms. The summed E-state index contributed by atoms with van der Waals surface area (Å²) in [6, 6.07) is 7.85. The largest absolute Gasteiger partial charge is 0.390 e. The van der Waals surface area contributed by atoms with Crippen molar-refractivity contribution in [3.63, 3.8) is 0 Å². The normalized spacial score (nSPS) is 25.5. The molecule has 1 aromatic heterocycles. The van der Waals surface area contributed by atoms with Crippen LogP contribution in [-0.4, -0.2) is 76.2 Å². The first kappa shape index (κ1) is 17.0.